The summed E-state index contributed by atoms with van der Waals surface area (Å²) in [4.78, 5) is 23.5. The van der Waals surface area contributed by atoms with Crippen molar-refractivity contribution >= 4 is 11.9 Å². The van der Waals surface area contributed by atoms with Crippen LogP contribution in [0.5, 0.6) is 0 Å². The quantitative estimate of drug-likeness (QED) is 0.439. The van der Waals surface area contributed by atoms with E-state index in [1.54, 1.807) is 0 Å². The molecule has 0 amide bonds. The molecule has 2 unspecified atom stereocenters. The number of carbonyl (C=O) groups excluding carboxylic acids is 2. The lowest BCUT2D eigenvalue weighted by atomic mass is 9.87. The highest BCUT2D eigenvalue weighted by Gasteiger charge is 2.34. The van der Waals surface area contributed by atoms with Crippen molar-refractivity contribution in [2.24, 2.45) is 11.8 Å². The summed E-state index contributed by atoms with van der Waals surface area (Å²) in [5.74, 6) is -0.335. The second-order valence-corrected chi connectivity index (χ2v) is 9.34. The maximum absolute atomic E-state index is 12.3. The molecule has 0 saturated carbocycles. The maximum Gasteiger partial charge on any atom is 0.309 e. The molecular formula is C28H40O4. The van der Waals surface area contributed by atoms with Gasteiger partial charge in [-0.05, 0) is 51.7 Å². The first-order valence-corrected chi connectivity index (χ1v) is 11.5. The molecule has 2 aromatic rings. The second-order valence-electron chi connectivity index (χ2n) is 9.34. The first-order chi connectivity index (χ1) is 14.9. The predicted molar refractivity (Wildman–Crippen MR) is 130 cm³/mol. The zero-order valence-electron chi connectivity index (χ0n) is 21.0. The topological polar surface area (TPSA) is 52.6 Å². The van der Waals surface area contributed by atoms with Crippen LogP contribution in [-0.2, 0) is 24.7 Å². The van der Waals surface area contributed by atoms with Crippen molar-refractivity contribution < 1.29 is 19.1 Å². The van der Waals surface area contributed by atoms with E-state index in [1.807, 2.05) is 116 Å². The number of esters is 2. The Morgan fingerprint density at radius 3 is 1.34 bits per heavy atom. The maximum atomic E-state index is 12.3. The van der Waals surface area contributed by atoms with Crippen molar-refractivity contribution in [3.63, 3.8) is 0 Å². The van der Waals surface area contributed by atoms with Crippen LogP contribution in [-0.4, -0.2) is 17.5 Å². The van der Waals surface area contributed by atoms with E-state index in [2.05, 4.69) is 0 Å². The molecule has 0 aliphatic heterocycles. The van der Waals surface area contributed by atoms with Crippen molar-refractivity contribution in [1.82, 2.24) is 0 Å². The minimum atomic E-state index is -0.761. The van der Waals surface area contributed by atoms with Gasteiger partial charge in [-0.3, -0.25) is 9.59 Å². The summed E-state index contributed by atoms with van der Waals surface area (Å²) < 4.78 is 11.1. The van der Waals surface area contributed by atoms with Crippen LogP contribution in [0.3, 0.4) is 0 Å². The first kappa shape index (κ1) is 27.4. The number of hydrogen-bond acceptors (Lipinski definition) is 4. The van der Waals surface area contributed by atoms with E-state index in [-0.39, 0.29) is 29.4 Å². The average molecular weight is 441 g/mol. The monoisotopic (exact) mass is 440 g/mol. The van der Waals surface area contributed by atoms with Gasteiger partial charge < -0.3 is 9.47 Å². The van der Waals surface area contributed by atoms with E-state index in [0.29, 0.717) is 0 Å². The second kappa shape index (κ2) is 12.4. The summed E-state index contributed by atoms with van der Waals surface area (Å²) in [5, 5.41) is 0. The SMILES string of the molecule is CCC(C)C(=O)OC(C)(C)C.CCC(C)C(=O)OC(C)(c1ccccc1)c1ccccc1. The smallest absolute Gasteiger partial charge is 0.309 e. The van der Waals surface area contributed by atoms with Crippen LogP contribution >= 0.6 is 0 Å². The van der Waals surface area contributed by atoms with Crippen LogP contribution in [0.25, 0.3) is 0 Å². The third kappa shape index (κ3) is 8.49. The lowest BCUT2D eigenvalue weighted by Gasteiger charge is -2.31. The van der Waals surface area contributed by atoms with Gasteiger partial charge in [0.2, 0.25) is 0 Å². The lowest BCUT2D eigenvalue weighted by molar-refractivity contribution is -0.160. The molecule has 0 N–H and O–H groups in total. The van der Waals surface area contributed by atoms with Crippen molar-refractivity contribution in [1.29, 1.82) is 0 Å². The fourth-order valence-corrected chi connectivity index (χ4v) is 2.83. The Balaban J connectivity index is 0.000000396. The standard InChI is InChI=1S/C19H22O2.C9H18O2/c1-4-15(2)18(20)21-19(3,16-11-7-5-8-12-16)17-13-9-6-10-14-17;1-6-7(2)8(10)11-9(3,4)5/h5-15H,4H2,1-3H3;7H,6H2,1-5H3. The molecule has 0 radical (unpaired) electrons. The molecular weight excluding hydrogens is 400 g/mol. The predicted octanol–water partition coefficient (Wildman–Crippen LogP) is 6.91. The van der Waals surface area contributed by atoms with Crippen LogP contribution < -0.4 is 0 Å². The van der Waals surface area contributed by atoms with Crippen LogP contribution in [0.2, 0.25) is 0 Å². The number of benzene rings is 2. The van der Waals surface area contributed by atoms with Gasteiger partial charge in [0.05, 0.1) is 11.8 Å². The van der Waals surface area contributed by atoms with Crippen LogP contribution in [0.15, 0.2) is 60.7 Å². The van der Waals surface area contributed by atoms with Gasteiger partial charge in [0, 0.05) is 0 Å². The van der Waals surface area contributed by atoms with Crippen LogP contribution in [0.4, 0.5) is 0 Å². The Morgan fingerprint density at radius 1 is 0.688 bits per heavy atom. The molecule has 32 heavy (non-hydrogen) atoms. The summed E-state index contributed by atoms with van der Waals surface area (Å²) in [5.41, 5.74) is 0.851. The summed E-state index contributed by atoms with van der Waals surface area (Å²) >= 11 is 0. The number of rotatable bonds is 7. The lowest BCUT2D eigenvalue weighted by Crippen LogP contribution is -2.32. The fraction of sp³-hybridized carbons (Fsp3) is 0.500. The highest BCUT2D eigenvalue weighted by Crippen LogP contribution is 2.34. The summed E-state index contributed by atoms with van der Waals surface area (Å²) in [6.07, 6.45) is 1.62. The van der Waals surface area contributed by atoms with Gasteiger partial charge in [-0.1, -0.05) is 88.4 Å². The molecule has 0 aliphatic rings. The highest BCUT2D eigenvalue weighted by molar-refractivity contribution is 5.73. The van der Waals surface area contributed by atoms with E-state index in [4.69, 9.17) is 9.47 Å². The molecule has 0 fully saturated rings. The highest BCUT2D eigenvalue weighted by atomic mass is 16.6. The molecule has 0 aromatic heterocycles. The molecule has 4 heteroatoms. The van der Waals surface area contributed by atoms with Gasteiger partial charge in [-0.15, -0.1) is 0 Å². The molecule has 4 nitrogen and oxygen atoms in total. The molecule has 0 bridgehead atoms. The molecule has 0 aliphatic carbocycles. The Labute approximate surface area is 194 Å². The van der Waals surface area contributed by atoms with E-state index in [9.17, 15) is 9.59 Å². The molecule has 2 atom stereocenters. The summed E-state index contributed by atoms with van der Waals surface area (Å²) in [7, 11) is 0. The molecule has 0 spiro atoms. The van der Waals surface area contributed by atoms with Crippen molar-refractivity contribution in [2.75, 3.05) is 0 Å². The minimum absolute atomic E-state index is 0.0224. The normalized spacial score (nSPS) is 13.2. The molecule has 0 heterocycles. The van der Waals surface area contributed by atoms with E-state index < -0.39 is 5.60 Å². The molecule has 2 aromatic carbocycles. The Kier molecular flexibility index (Phi) is 10.6. The van der Waals surface area contributed by atoms with E-state index in [0.717, 1.165) is 24.0 Å². The first-order valence-electron chi connectivity index (χ1n) is 11.5. The van der Waals surface area contributed by atoms with Crippen LogP contribution in [0, 0.1) is 11.8 Å². The van der Waals surface area contributed by atoms with Crippen molar-refractivity contribution in [2.45, 2.75) is 79.4 Å². The molecule has 0 saturated heterocycles. The molecule has 2 rings (SSSR count). The van der Waals surface area contributed by atoms with Crippen molar-refractivity contribution in [3.05, 3.63) is 71.8 Å². The third-order valence-corrected chi connectivity index (χ3v) is 5.39. The van der Waals surface area contributed by atoms with Crippen LogP contribution in [0.1, 0.15) is 79.4 Å². The Hall–Kier alpha value is -2.62. The summed E-state index contributed by atoms with van der Waals surface area (Å²) in [6.45, 7) is 15.4. The van der Waals surface area contributed by atoms with Gasteiger partial charge in [0.1, 0.15) is 5.60 Å². The third-order valence-electron chi connectivity index (χ3n) is 5.39. The minimum Gasteiger partial charge on any atom is -0.460 e. The van der Waals surface area contributed by atoms with Gasteiger partial charge in [-0.25, -0.2) is 0 Å². The Morgan fingerprint density at radius 2 is 1.03 bits per heavy atom. The average Bonchev–Trinajstić information content (AvgIpc) is 2.78. The Bertz CT molecular complexity index is 782. The summed E-state index contributed by atoms with van der Waals surface area (Å²) in [6, 6.07) is 19.8. The van der Waals surface area contributed by atoms with Gasteiger partial charge in [-0.2, -0.15) is 0 Å². The van der Waals surface area contributed by atoms with E-state index in [1.165, 1.54) is 0 Å². The largest absolute Gasteiger partial charge is 0.460 e. The molecule has 176 valence electrons. The van der Waals surface area contributed by atoms with Gasteiger partial charge in [0.25, 0.3) is 0 Å². The van der Waals surface area contributed by atoms with Crippen molar-refractivity contribution in [3.8, 4) is 0 Å². The number of hydrogen-bond donors (Lipinski definition) is 0. The fourth-order valence-electron chi connectivity index (χ4n) is 2.83. The zero-order chi connectivity index (χ0) is 24.4. The number of carbonyl (C=O) groups is 2. The zero-order valence-corrected chi connectivity index (χ0v) is 21.0. The van der Waals surface area contributed by atoms with E-state index >= 15 is 0 Å². The van der Waals surface area contributed by atoms with Gasteiger partial charge in [0.15, 0.2) is 5.60 Å². The van der Waals surface area contributed by atoms with Gasteiger partial charge >= 0.3 is 11.9 Å². The number of ether oxygens (including phenoxy) is 2.